The fourth-order valence-electron chi connectivity index (χ4n) is 1.47. The van der Waals surface area contributed by atoms with Gasteiger partial charge < -0.3 is 4.74 Å². The summed E-state index contributed by atoms with van der Waals surface area (Å²) in [6.07, 6.45) is 0.548. The first kappa shape index (κ1) is 11.2. The first-order chi connectivity index (χ1) is 6.60. The van der Waals surface area contributed by atoms with Gasteiger partial charge in [-0.2, -0.15) is 0 Å². The number of likely N-dealkylation sites (N-methyl/N-ethyl adjacent to an activating group) is 1. The third-order valence-corrected chi connectivity index (χ3v) is 2.49. The van der Waals surface area contributed by atoms with E-state index in [1.165, 1.54) is 4.90 Å². The van der Waals surface area contributed by atoms with Gasteiger partial charge in [-0.15, -0.1) is 0 Å². The zero-order valence-electron chi connectivity index (χ0n) is 8.95. The van der Waals surface area contributed by atoms with E-state index in [-0.39, 0.29) is 24.3 Å². The smallest absolute Gasteiger partial charge is 0.258 e. The lowest BCUT2D eigenvalue weighted by Crippen LogP contribution is -2.33. The lowest BCUT2D eigenvalue weighted by atomic mass is 10.2. The van der Waals surface area contributed by atoms with Crippen LogP contribution in [0, 0.1) is 0 Å². The van der Waals surface area contributed by atoms with Crippen molar-refractivity contribution in [2.75, 3.05) is 6.54 Å². The first-order valence-corrected chi connectivity index (χ1v) is 5.09. The molecule has 1 fully saturated rings. The number of rotatable bonds is 4. The summed E-state index contributed by atoms with van der Waals surface area (Å²) in [5.41, 5.74) is 0. The molecule has 2 atom stereocenters. The molecule has 1 heterocycles. The van der Waals surface area contributed by atoms with Crippen molar-refractivity contribution in [1.82, 2.24) is 4.90 Å². The summed E-state index contributed by atoms with van der Waals surface area (Å²) >= 11 is 0. The number of amides is 2. The van der Waals surface area contributed by atoms with E-state index >= 15 is 0 Å². The standard InChI is InChI=1S/C10H17NO3/c1-4-7(3)14-8-6-9(12)11(5-2)10(8)13/h7-8H,4-6H2,1-3H3. The molecule has 14 heavy (non-hydrogen) atoms. The van der Waals surface area contributed by atoms with Crippen molar-refractivity contribution < 1.29 is 14.3 Å². The second-order valence-electron chi connectivity index (χ2n) is 3.52. The maximum absolute atomic E-state index is 11.6. The van der Waals surface area contributed by atoms with Gasteiger partial charge in [-0.05, 0) is 20.3 Å². The van der Waals surface area contributed by atoms with Crippen LogP contribution in [0.2, 0.25) is 0 Å². The molecule has 1 saturated heterocycles. The minimum atomic E-state index is -0.544. The Hall–Kier alpha value is -0.900. The van der Waals surface area contributed by atoms with Gasteiger partial charge in [-0.1, -0.05) is 6.92 Å². The van der Waals surface area contributed by atoms with Crippen molar-refractivity contribution in [3.63, 3.8) is 0 Å². The Morgan fingerprint density at radius 3 is 2.57 bits per heavy atom. The van der Waals surface area contributed by atoms with Crippen LogP contribution >= 0.6 is 0 Å². The highest BCUT2D eigenvalue weighted by Gasteiger charge is 2.38. The lowest BCUT2D eigenvalue weighted by Gasteiger charge is -2.16. The number of carbonyl (C=O) groups is 2. The molecule has 80 valence electrons. The topological polar surface area (TPSA) is 46.6 Å². The van der Waals surface area contributed by atoms with E-state index in [4.69, 9.17) is 4.74 Å². The van der Waals surface area contributed by atoms with Gasteiger partial charge in [0.25, 0.3) is 5.91 Å². The van der Waals surface area contributed by atoms with E-state index < -0.39 is 6.10 Å². The van der Waals surface area contributed by atoms with Crippen LogP contribution in [0.4, 0.5) is 0 Å². The highest BCUT2D eigenvalue weighted by molar-refractivity contribution is 6.04. The Labute approximate surface area is 84.2 Å². The van der Waals surface area contributed by atoms with Gasteiger partial charge in [0.2, 0.25) is 5.91 Å². The number of likely N-dealkylation sites (tertiary alicyclic amines) is 1. The number of imide groups is 1. The lowest BCUT2D eigenvalue weighted by molar-refractivity contribution is -0.143. The Morgan fingerprint density at radius 2 is 2.14 bits per heavy atom. The molecule has 0 bridgehead atoms. The number of ether oxygens (including phenoxy) is 1. The van der Waals surface area contributed by atoms with Crippen LogP contribution in [0.3, 0.4) is 0 Å². The average Bonchev–Trinajstić information content (AvgIpc) is 2.42. The van der Waals surface area contributed by atoms with Crippen LogP contribution < -0.4 is 0 Å². The normalized spacial score (nSPS) is 24.5. The molecule has 0 N–H and O–H groups in total. The highest BCUT2D eigenvalue weighted by atomic mass is 16.5. The van der Waals surface area contributed by atoms with Crippen molar-refractivity contribution in [2.24, 2.45) is 0 Å². The van der Waals surface area contributed by atoms with E-state index in [0.29, 0.717) is 6.54 Å². The summed E-state index contributed by atoms with van der Waals surface area (Å²) in [7, 11) is 0. The van der Waals surface area contributed by atoms with Crippen LogP contribution in [0.25, 0.3) is 0 Å². The van der Waals surface area contributed by atoms with Crippen LogP contribution in [0.1, 0.15) is 33.6 Å². The Bertz CT molecular complexity index is 240. The van der Waals surface area contributed by atoms with Gasteiger partial charge in [-0.3, -0.25) is 14.5 Å². The molecule has 2 amide bonds. The summed E-state index contributed by atoms with van der Waals surface area (Å²) in [4.78, 5) is 24.2. The van der Waals surface area contributed by atoms with E-state index in [2.05, 4.69) is 0 Å². The molecule has 2 unspecified atom stereocenters. The van der Waals surface area contributed by atoms with Gasteiger partial charge >= 0.3 is 0 Å². The Balaban J connectivity index is 2.58. The molecule has 0 aromatic heterocycles. The average molecular weight is 199 g/mol. The number of carbonyl (C=O) groups excluding carboxylic acids is 2. The predicted molar refractivity (Wildman–Crippen MR) is 51.6 cm³/mol. The molecule has 4 heteroatoms. The number of hydrogen-bond donors (Lipinski definition) is 0. The molecule has 1 aliphatic heterocycles. The van der Waals surface area contributed by atoms with Gasteiger partial charge in [-0.25, -0.2) is 0 Å². The molecule has 0 aromatic rings. The molecule has 0 aromatic carbocycles. The van der Waals surface area contributed by atoms with Crippen molar-refractivity contribution >= 4 is 11.8 Å². The van der Waals surface area contributed by atoms with Gasteiger partial charge in [0.1, 0.15) is 6.10 Å². The van der Waals surface area contributed by atoms with Crippen molar-refractivity contribution in [3.8, 4) is 0 Å². The fraction of sp³-hybridized carbons (Fsp3) is 0.800. The monoisotopic (exact) mass is 199 g/mol. The summed E-state index contributed by atoms with van der Waals surface area (Å²) in [6, 6.07) is 0. The highest BCUT2D eigenvalue weighted by Crippen LogP contribution is 2.17. The molecule has 0 aliphatic carbocycles. The molecule has 0 saturated carbocycles. The summed E-state index contributed by atoms with van der Waals surface area (Å²) in [5, 5.41) is 0. The largest absolute Gasteiger partial charge is 0.365 e. The maximum atomic E-state index is 11.6. The Morgan fingerprint density at radius 1 is 1.50 bits per heavy atom. The second-order valence-corrected chi connectivity index (χ2v) is 3.52. The van der Waals surface area contributed by atoms with E-state index in [1.807, 2.05) is 13.8 Å². The van der Waals surface area contributed by atoms with Gasteiger partial charge in [0, 0.05) is 6.54 Å². The molecule has 0 spiro atoms. The molecular formula is C10H17NO3. The molecule has 0 radical (unpaired) electrons. The second kappa shape index (κ2) is 4.55. The minimum Gasteiger partial charge on any atom is -0.365 e. The van der Waals surface area contributed by atoms with Crippen molar-refractivity contribution in [3.05, 3.63) is 0 Å². The predicted octanol–water partition coefficient (Wildman–Crippen LogP) is 0.949. The molecular weight excluding hydrogens is 182 g/mol. The summed E-state index contributed by atoms with van der Waals surface area (Å²) in [6.45, 7) is 6.13. The maximum Gasteiger partial charge on any atom is 0.258 e. The summed E-state index contributed by atoms with van der Waals surface area (Å²) in [5.74, 6) is -0.302. The van der Waals surface area contributed by atoms with Crippen LogP contribution in [0.15, 0.2) is 0 Å². The van der Waals surface area contributed by atoms with Gasteiger partial charge in [0.05, 0.1) is 12.5 Å². The molecule has 1 aliphatic rings. The van der Waals surface area contributed by atoms with Crippen LogP contribution in [-0.4, -0.2) is 35.5 Å². The number of nitrogens with zero attached hydrogens (tertiary/aromatic N) is 1. The minimum absolute atomic E-state index is 0.0357. The summed E-state index contributed by atoms with van der Waals surface area (Å²) < 4.78 is 5.46. The van der Waals surface area contributed by atoms with Crippen LogP contribution in [0.5, 0.6) is 0 Å². The third-order valence-electron chi connectivity index (χ3n) is 2.49. The van der Waals surface area contributed by atoms with Crippen LogP contribution in [-0.2, 0) is 14.3 Å². The van der Waals surface area contributed by atoms with Gasteiger partial charge in [0.15, 0.2) is 0 Å². The van der Waals surface area contributed by atoms with E-state index in [9.17, 15) is 9.59 Å². The first-order valence-electron chi connectivity index (χ1n) is 5.09. The van der Waals surface area contributed by atoms with Crippen molar-refractivity contribution in [1.29, 1.82) is 0 Å². The zero-order chi connectivity index (χ0) is 10.7. The SMILES string of the molecule is CCC(C)OC1CC(=O)N(CC)C1=O. The fourth-order valence-corrected chi connectivity index (χ4v) is 1.47. The van der Waals surface area contributed by atoms with Crippen molar-refractivity contribution in [2.45, 2.75) is 45.8 Å². The third kappa shape index (κ3) is 2.12. The zero-order valence-corrected chi connectivity index (χ0v) is 8.95. The molecule has 4 nitrogen and oxygen atoms in total. The Kier molecular flexibility index (Phi) is 3.63. The molecule has 1 rings (SSSR count). The van der Waals surface area contributed by atoms with E-state index in [0.717, 1.165) is 6.42 Å². The number of hydrogen-bond acceptors (Lipinski definition) is 3. The van der Waals surface area contributed by atoms with E-state index in [1.54, 1.807) is 6.92 Å². The quantitative estimate of drug-likeness (QED) is 0.633.